The van der Waals surface area contributed by atoms with E-state index in [1.807, 2.05) is 0 Å². The van der Waals surface area contributed by atoms with Crippen LogP contribution in [0.3, 0.4) is 0 Å². The third kappa shape index (κ3) is 3.72. The van der Waals surface area contributed by atoms with Crippen molar-refractivity contribution >= 4 is 5.95 Å². The molecule has 0 radical (unpaired) electrons. The lowest BCUT2D eigenvalue weighted by Gasteiger charge is -2.27. The Balaban J connectivity index is 2.07. The van der Waals surface area contributed by atoms with Crippen LogP contribution in [0.5, 0.6) is 0 Å². The predicted octanol–water partition coefficient (Wildman–Crippen LogP) is 3.53. The Kier molecular flexibility index (Phi) is 4.50. The first kappa shape index (κ1) is 14.4. The van der Waals surface area contributed by atoms with Crippen LogP contribution in [0.4, 0.5) is 5.95 Å². The minimum atomic E-state index is -0.169. The van der Waals surface area contributed by atoms with E-state index in [0.29, 0.717) is 6.04 Å². The minimum Gasteiger partial charge on any atom is -0.377 e. The highest BCUT2D eigenvalue weighted by molar-refractivity contribution is 5.30. The summed E-state index contributed by atoms with van der Waals surface area (Å²) in [5.41, 5.74) is 0.917. The molecule has 4 heteroatoms. The van der Waals surface area contributed by atoms with Crippen molar-refractivity contribution in [3.63, 3.8) is 0 Å². The molecule has 0 aliphatic heterocycles. The zero-order valence-corrected chi connectivity index (χ0v) is 12.7. The molecule has 0 unspecified atom stereocenters. The summed E-state index contributed by atoms with van der Waals surface area (Å²) in [6.45, 7) is 7.00. The molecule has 1 fully saturated rings. The number of aryl methyl sites for hydroxylation is 1. The molecule has 108 valence electrons. The fourth-order valence-corrected chi connectivity index (χ4v) is 2.65. The highest BCUT2D eigenvalue weighted by atomic mass is 16.5. The van der Waals surface area contributed by atoms with Crippen LogP contribution in [0.2, 0.25) is 0 Å². The van der Waals surface area contributed by atoms with Crippen LogP contribution in [-0.2, 0) is 4.74 Å². The molecule has 1 aliphatic carbocycles. The Morgan fingerprint density at radius 1 is 1.37 bits per heavy atom. The average molecular weight is 265 g/mol. The molecule has 0 atom stereocenters. The van der Waals surface area contributed by atoms with Crippen LogP contribution in [0.15, 0.2) is 6.20 Å². The number of aromatic nitrogens is 2. The van der Waals surface area contributed by atoms with Crippen molar-refractivity contribution in [3.05, 3.63) is 11.9 Å². The van der Waals surface area contributed by atoms with Crippen LogP contribution >= 0.6 is 0 Å². The fraction of sp³-hybridized carbons (Fsp3) is 0.800. The summed E-state index contributed by atoms with van der Waals surface area (Å²) >= 11 is 0. The van der Waals surface area contributed by atoms with Crippen LogP contribution < -0.4 is 5.32 Å². The number of nitrogens with one attached hydrogen (secondary N) is 1. The van der Waals surface area contributed by atoms with Gasteiger partial charge in [-0.3, -0.25) is 0 Å². The molecule has 4 nitrogen and oxygen atoms in total. The first-order chi connectivity index (χ1) is 9.02. The number of imidazole rings is 1. The van der Waals surface area contributed by atoms with Gasteiger partial charge in [-0.2, -0.15) is 0 Å². The number of ether oxygens (including phenoxy) is 1. The van der Waals surface area contributed by atoms with Crippen molar-refractivity contribution in [2.24, 2.45) is 0 Å². The van der Waals surface area contributed by atoms with Crippen LogP contribution in [0, 0.1) is 6.92 Å². The largest absolute Gasteiger partial charge is 0.377 e. The zero-order valence-electron chi connectivity index (χ0n) is 12.7. The van der Waals surface area contributed by atoms with E-state index >= 15 is 0 Å². The second kappa shape index (κ2) is 5.95. The zero-order chi connectivity index (χ0) is 13.9. The lowest BCUT2D eigenvalue weighted by molar-refractivity contribution is 0.0341. The number of methoxy groups -OCH3 is 1. The summed E-state index contributed by atoms with van der Waals surface area (Å²) in [6.07, 6.45) is 8.79. The van der Waals surface area contributed by atoms with Gasteiger partial charge in [0.1, 0.15) is 0 Å². The van der Waals surface area contributed by atoms with E-state index in [9.17, 15) is 0 Å². The maximum Gasteiger partial charge on any atom is 0.203 e. The van der Waals surface area contributed by atoms with Crippen molar-refractivity contribution in [1.29, 1.82) is 0 Å². The van der Waals surface area contributed by atoms with Gasteiger partial charge in [-0.15, -0.1) is 0 Å². The third-order valence-corrected chi connectivity index (χ3v) is 4.05. The van der Waals surface area contributed by atoms with Crippen molar-refractivity contribution < 1.29 is 4.74 Å². The van der Waals surface area contributed by atoms with E-state index < -0.39 is 0 Å². The van der Waals surface area contributed by atoms with Crippen molar-refractivity contribution in [2.75, 3.05) is 19.0 Å². The van der Waals surface area contributed by atoms with Gasteiger partial charge in [-0.1, -0.05) is 19.3 Å². The lowest BCUT2D eigenvalue weighted by atomic mass is 9.95. The van der Waals surface area contributed by atoms with Crippen LogP contribution in [0.25, 0.3) is 0 Å². The summed E-state index contributed by atoms with van der Waals surface area (Å²) in [4.78, 5) is 4.62. The van der Waals surface area contributed by atoms with Gasteiger partial charge in [-0.05, 0) is 33.6 Å². The predicted molar refractivity (Wildman–Crippen MR) is 78.7 cm³/mol. The van der Waals surface area contributed by atoms with Gasteiger partial charge in [-0.25, -0.2) is 4.98 Å². The van der Waals surface area contributed by atoms with E-state index in [2.05, 4.69) is 41.8 Å². The Morgan fingerprint density at radius 2 is 2.05 bits per heavy atom. The molecule has 1 heterocycles. The lowest BCUT2D eigenvalue weighted by Crippen LogP contribution is -2.33. The molecule has 1 saturated carbocycles. The monoisotopic (exact) mass is 265 g/mol. The number of anilines is 1. The highest BCUT2D eigenvalue weighted by Crippen LogP contribution is 2.30. The van der Waals surface area contributed by atoms with Gasteiger partial charge >= 0.3 is 0 Å². The second-order valence-corrected chi connectivity index (χ2v) is 6.22. The smallest absolute Gasteiger partial charge is 0.203 e. The SMILES string of the molecule is COC(C)(C)CNc1nc(C)cn1C1CCCCC1. The van der Waals surface area contributed by atoms with E-state index in [0.717, 1.165) is 18.2 Å². The van der Waals surface area contributed by atoms with Gasteiger partial charge in [0.15, 0.2) is 0 Å². The van der Waals surface area contributed by atoms with E-state index in [-0.39, 0.29) is 5.60 Å². The summed E-state index contributed by atoms with van der Waals surface area (Å²) in [5, 5.41) is 3.45. The quantitative estimate of drug-likeness (QED) is 0.885. The summed E-state index contributed by atoms with van der Waals surface area (Å²) in [7, 11) is 1.75. The molecule has 0 bridgehead atoms. The van der Waals surface area contributed by atoms with Gasteiger partial charge < -0.3 is 14.6 Å². The topological polar surface area (TPSA) is 39.1 Å². The van der Waals surface area contributed by atoms with Crippen molar-refractivity contribution in [2.45, 2.75) is 64.5 Å². The molecular weight excluding hydrogens is 238 g/mol. The molecule has 19 heavy (non-hydrogen) atoms. The van der Waals surface area contributed by atoms with Gasteiger partial charge in [0.25, 0.3) is 0 Å². The highest BCUT2D eigenvalue weighted by Gasteiger charge is 2.21. The molecule has 1 N–H and O–H groups in total. The van der Waals surface area contributed by atoms with Gasteiger partial charge in [0.2, 0.25) is 5.95 Å². The molecule has 0 saturated heterocycles. The summed E-state index contributed by atoms with van der Waals surface area (Å²) in [5.74, 6) is 0.995. The maximum absolute atomic E-state index is 5.45. The van der Waals surface area contributed by atoms with E-state index in [1.54, 1.807) is 7.11 Å². The van der Waals surface area contributed by atoms with Crippen molar-refractivity contribution in [1.82, 2.24) is 9.55 Å². The van der Waals surface area contributed by atoms with Gasteiger partial charge in [0, 0.05) is 25.9 Å². The summed E-state index contributed by atoms with van der Waals surface area (Å²) in [6, 6.07) is 0.614. The number of rotatable bonds is 5. The molecule has 2 rings (SSSR count). The normalized spacial score (nSPS) is 17.7. The van der Waals surface area contributed by atoms with Crippen LogP contribution in [-0.4, -0.2) is 28.8 Å². The number of nitrogens with zero attached hydrogens (tertiary/aromatic N) is 2. The molecular formula is C15H27N3O. The Hall–Kier alpha value is -1.03. The third-order valence-electron chi connectivity index (χ3n) is 4.05. The van der Waals surface area contributed by atoms with E-state index in [4.69, 9.17) is 4.74 Å². The molecule has 0 aromatic carbocycles. The average Bonchev–Trinajstić information content (AvgIpc) is 2.79. The Morgan fingerprint density at radius 3 is 2.68 bits per heavy atom. The number of hydrogen-bond donors (Lipinski definition) is 1. The second-order valence-electron chi connectivity index (χ2n) is 6.22. The molecule has 1 aliphatic rings. The standard InChI is InChI=1S/C15H27N3O/c1-12-10-18(13-8-6-5-7-9-13)14(17-12)16-11-15(2,3)19-4/h10,13H,5-9,11H2,1-4H3,(H,16,17). The maximum atomic E-state index is 5.45. The fourth-order valence-electron chi connectivity index (χ4n) is 2.65. The first-order valence-electron chi connectivity index (χ1n) is 7.36. The Labute approximate surface area is 116 Å². The van der Waals surface area contributed by atoms with Crippen LogP contribution in [0.1, 0.15) is 57.7 Å². The van der Waals surface area contributed by atoms with Gasteiger partial charge in [0.05, 0.1) is 11.3 Å². The van der Waals surface area contributed by atoms with Crippen molar-refractivity contribution in [3.8, 4) is 0 Å². The van der Waals surface area contributed by atoms with E-state index in [1.165, 1.54) is 32.1 Å². The first-order valence-corrected chi connectivity index (χ1v) is 7.36. The molecule has 0 amide bonds. The number of hydrogen-bond acceptors (Lipinski definition) is 3. The summed E-state index contributed by atoms with van der Waals surface area (Å²) < 4.78 is 7.79. The molecule has 1 aromatic rings. The molecule has 0 spiro atoms. The minimum absolute atomic E-state index is 0.169. The molecule has 1 aromatic heterocycles. The Bertz CT molecular complexity index is 406.